The van der Waals surface area contributed by atoms with Gasteiger partial charge in [-0.3, -0.25) is 4.79 Å². The number of nitrogen functional groups attached to an aromatic ring is 1. The summed E-state index contributed by atoms with van der Waals surface area (Å²) in [4.78, 5) is 12.1. The van der Waals surface area contributed by atoms with Crippen molar-refractivity contribution in [2.24, 2.45) is 0 Å². The number of amides is 1. The Balaban J connectivity index is 2.16. The van der Waals surface area contributed by atoms with Crippen LogP contribution in [-0.2, 0) is 4.79 Å². The Kier molecular flexibility index (Phi) is 6.32. The van der Waals surface area contributed by atoms with E-state index in [4.69, 9.17) is 24.7 Å². The number of methoxy groups -OCH3 is 4. The van der Waals surface area contributed by atoms with Crippen molar-refractivity contribution < 1.29 is 23.7 Å². The third-order valence-corrected chi connectivity index (χ3v) is 3.61. The van der Waals surface area contributed by atoms with Gasteiger partial charge in [0, 0.05) is 11.8 Å². The summed E-state index contributed by atoms with van der Waals surface area (Å²) in [6.07, 6.45) is 3.05. The molecule has 0 spiro atoms. The third-order valence-electron chi connectivity index (χ3n) is 3.61. The molecule has 0 radical (unpaired) electrons. The summed E-state index contributed by atoms with van der Waals surface area (Å²) < 4.78 is 20.9. The molecule has 0 heterocycles. The van der Waals surface area contributed by atoms with Crippen molar-refractivity contribution in [1.29, 1.82) is 0 Å². The minimum Gasteiger partial charge on any atom is -0.495 e. The predicted molar refractivity (Wildman–Crippen MR) is 101 cm³/mol. The number of hydrogen-bond donors (Lipinski definition) is 2. The van der Waals surface area contributed by atoms with Gasteiger partial charge in [-0.05, 0) is 42.0 Å². The molecule has 0 atom stereocenters. The quantitative estimate of drug-likeness (QED) is 0.584. The summed E-state index contributed by atoms with van der Waals surface area (Å²) in [6.45, 7) is 0. The van der Waals surface area contributed by atoms with Crippen molar-refractivity contribution in [3.8, 4) is 23.0 Å². The van der Waals surface area contributed by atoms with E-state index in [-0.39, 0.29) is 5.91 Å². The normalized spacial score (nSPS) is 10.5. The fraction of sp³-hybridized carbons (Fsp3) is 0.211. The smallest absolute Gasteiger partial charge is 0.248 e. The Hall–Kier alpha value is -3.35. The highest BCUT2D eigenvalue weighted by molar-refractivity contribution is 6.02. The average molecular weight is 358 g/mol. The van der Waals surface area contributed by atoms with E-state index in [0.717, 1.165) is 5.56 Å². The van der Waals surface area contributed by atoms with Crippen LogP contribution < -0.4 is 30.0 Å². The second-order valence-electron chi connectivity index (χ2n) is 5.24. The lowest BCUT2D eigenvalue weighted by atomic mass is 10.1. The zero-order valence-corrected chi connectivity index (χ0v) is 15.2. The number of nitrogens with two attached hydrogens (primary N) is 1. The number of hydrogen-bond acceptors (Lipinski definition) is 6. The van der Waals surface area contributed by atoms with Gasteiger partial charge in [-0.15, -0.1) is 0 Å². The van der Waals surface area contributed by atoms with Crippen LogP contribution in [0, 0.1) is 0 Å². The molecule has 26 heavy (non-hydrogen) atoms. The van der Waals surface area contributed by atoms with Crippen LogP contribution in [0.25, 0.3) is 6.08 Å². The molecule has 7 heteroatoms. The minimum absolute atomic E-state index is 0.302. The van der Waals surface area contributed by atoms with Crippen LogP contribution in [0.1, 0.15) is 5.56 Å². The Labute approximate surface area is 152 Å². The third kappa shape index (κ3) is 4.38. The maximum absolute atomic E-state index is 12.1. The molecule has 0 aliphatic heterocycles. The van der Waals surface area contributed by atoms with Crippen molar-refractivity contribution in [1.82, 2.24) is 0 Å². The Morgan fingerprint density at radius 2 is 1.54 bits per heavy atom. The number of anilines is 2. The van der Waals surface area contributed by atoms with Gasteiger partial charge in [0.1, 0.15) is 5.75 Å². The van der Waals surface area contributed by atoms with Crippen molar-refractivity contribution in [2.45, 2.75) is 0 Å². The molecule has 0 saturated heterocycles. The van der Waals surface area contributed by atoms with Gasteiger partial charge in [0.15, 0.2) is 11.5 Å². The SMILES string of the molecule is COc1ccc(NC(=O)C=Cc2cc(OC)c(OC)c(OC)c2)cc1N. The second kappa shape index (κ2) is 8.66. The first-order valence-corrected chi connectivity index (χ1v) is 7.75. The lowest BCUT2D eigenvalue weighted by Gasteiger charge is -2.12. The maximum Gasteiger partial charge on any atom is 0.248 e. The van der Waals surface area contributed by atoms with Gasteiger partial charge < -0.3 is 30.0 Å². The average Bonchev–Trinajstić information content (AvgIpc) is 2.65. The van der Waals surface area contributed by atoms with Crippen LogP contribution in [0.4, 0.5) is 11.4 Å². The summed E-state index contributed by atoms with van der Waals surface area (Å²) in [5.74, 6) is 1.76. The van der Waals surface area contributed by atoms with Crippen molar-refractivity contribution in [3.63, 3.8) is 0 Å². The summed E-state index contributed by atoms with van der Waals surface area (Å²) in [5, 5.41) is 2.74. The molecule has 0 aliphatic rings. The fourth-order valence-corrected chi connectivity index (χ4v) is 2.37. The molecule has 0 aromatic heterocycles. The maximum atomic E-state index is 12.1. The van der Waals surface area contributed by atoms with Crippen LogP contribution in [0.3, 0.4) is 0 Å². The molecule has 2 aromatic carbocycles. The topological polar surface area (TPSA) is 92.0 Å². The van der Waals surface area contributed by atoms with E-state index in [1.165, 1.54) is 34.5 Å². The number of ether oxygens (including phenoxy) is 4. The van der Waals surface area contributed by atoms with Crippen LogP contribution in [-0.4, -0.2) is 34.3 Å². The van der Waals surface area contributed by atoms with Crippen molar-refractivity contribution >= 4 is 23.4 Å². The molecule has 2 aromatic rings. The van der Waals surface area contributed by atoms with Crippen LogP contribution in [0.15, 0.2) is 36.4 Å². The van der Waals surface area contributed by atoms with E-state index < -0.39 is 0 Å². The summed E-state index contributed by atoms with van der Waals surface area (Å²) in [7, 11) is 6.13. The van der Waals surface area contributed by atoms with Crippen LogP contribution in [0.5, 0.6) is 23.0 Å². The minimum atomic E-state index is -0.302. The zero-order valence-electron chi connectivity index (χ0n) is 15.2. The molecule has 138 valence electrons. The Morgan fingerprint density at radius 3 is 2.04 bits per heavy atom. The Morgan fingerprint density at radius 1 is 0.923 bits per heavy atom. The van der Waals surface area contributed by atoms with E-state index in [0.29, 0.717) is 34.4 Å². The van der Waals surface area contributed by atoms with Crippen LogP contribution >= 0.6 is 0 Å². The van der Waals surface area contributed by atoms with Gasteiger partial charge in [0.2, 0.25) is 11.7 Å². The number of nitrogens with one attached hydrogen (secondary N) is 1. The summed E-state index contributed by atoms with van der Waals surface area (Å²) in [6, 6.07) is 8.52. The summed E-state index contributed by atoms with van der Waals surface area (Å²) in [5.41, 5.74) is 7.57. The largest absolute Gasteiger partial charge is 0.495 e. The molecule has 0 saturated carbocycles. The molecule has 0 aliphatic carbocycles. The molecular formula is C19H22N2O5. The molecule has 0 fully saturated rings. The van der Waals surface area contributed by atoms with E-state index in [9.17, 15) is 4.79 Å². The molecule has 7 nitrogen and oxygen atoms in total. The standard InChI is InChI=1S/C19H22N2O5/c1-23-15-7-6-13(11-14(15)20)21-18(22)8-5-12-9-16(24-2)19(26-4)17(10-12)25-3/h5-11H,20H2,1-4H3,(H,21,22). The number of rotatable bonds is 7. The fourth-order valence-electron chi connectivity index (χ4n) is 2.37. The lowest BCUT2D eigenvalue weighted by Crippen LogP contribution is -2.08. The van der Waals surface area contributed by atoms with Gasteiger partial charge in [-0.25, -0.2) is 0 Å². The molecule has 0 unspecified atom stereocenters. The summed E-state index contributed by atoms with van der Waals surface area (Å²) >= 11 is 0. The second-order valence-corrected chi connectivity index (χ2v) is 5.24. The highest BCUT2D eigenvalue weighted by Crippen LogP contribution is 2.38. The monoisotopic (exact) mass is 358 g/mol. The van der Waals surface area contributed by atoms with Crippen molar-refractivity contribution in [3.05, 3.63) is 42.0 Å². The number of benzene rings is 2. The van der Waals surface area contributed by atoms with E-state index >= 15 is 0 Å². The highest BCUT2D eigenvalue weighted by Gasteiger charge is 2.12. The van der Waals surface area contributed by atoms with Gasteiger partial charge in [0.25, 0.3) is 0 Å². The first kappa shape index (κ1) is 19.0. The van der Waals surface area contributed by atoms with E-state index in [1.54, 1.807) is 36.4 Å². The van der Waals surface area contributed by atoms with E-state index in [1.807, 2.05) is 0 Å². The van der Waals surface area contributed by atoms with Gasteiger partial charge in [0.05, 0.1) is 34.1 Å². The van der Waals surface area contributed by atoms with Crippen LogP contribution in [0.2, 0.25) is 0 Å². The Bertz CT molecular complexity index is 793. The van der Waals surface area contributed by atoms with Crippen molar-refractivity contribution in [2.75, 3.05) is 39.5 Å². The molecule has 0 bridgehead atoms. The predicted octanol–water partition coefficient (Wildman–Crippen LogP) is 2.96. The number of carbonyl (C=O) groups is 1. The molecule has 1 amide bonds. The van der Waals surface area contributed by atoms with Gasteiger partial charge >= 0.3 is 0 Å². The van der Waals surface area contributed by atoms with Gasteiger partial charge in [-0.1, -0.05) is 0 Å². The van der Waals surface area contributed by atoms with Gasteiger partial charge in [-0.2, -0.15) is 0 Å². The first-order chi connectivity index (χ1) is 12.5. The molecule has 2 rings (SSSR count). The highest BCUT2D eigenvalue weighted by atomic mass is 16.5. The lowest BCUT2D eigenvalue weighted by molar-refractivity contribution is -0.111. The van der Waals surface area contributed by atoms with E-state index in [2.05, 4.69) is 5.32 Å². The molecule has 3 N–H and O–H groups in total. The zero-order chi connectivity index (χ0) is 19.1. The molecular weight excluding hydrogens is 336 g/mol. The first-order valence-electron chi connectivity index (χ1n) is 7.75. The number of carbonyl (C=O) groups excluding carboxylic acids is 1.